The Kier molecular flexibility index (Phi) is 6.27. The van der Waals surface area contributed by atoms with Crippen molar-refractivity contribution in [1.82, 2.24) is 4.98 Å². The summed E-state index contributed by atoms with van der Waals surface area (Å²) >= 11 is 1.36. The number of methoxy groups -OCH3 is 1. The molecule has 1 saturated carbocycles. The maximum absolute atomic E-state index is 13.1. The standard InChI is InChI=1S/C27H25N3O4S2/c1-18-24(35-26(28-18)29-25(31)27(15-16-27)20-9-5-3-6-10-20)19-13-14-23(34-2)22(17-19)30-36(32,33)21-11-7-4-8-12-21/h3-14,17,30H,15-16H2,1-2H3,(H,28,29,31). The molecule has 1 amide bonds. The molecule has 1 aliphatic rings. The van der Waals surface area contributed by atoms with Gasteiger partial charge in [0.25, 0.3) is 10.0 Å². The Balaban J connectivity index is 1.41. The van der Waals surface area contributed by atoms with Crippen molar-refractivity contribution in [2.24, 2.45) is 0 Å². The van der Waals surface area contributed by atoms with E-state index in [1.165, 1.54) is 30.6 Å². The smallest absolute Gasteiger partial charge is 0.262 e. The first-order valence-electron chi connectivity index (χ1n) is 11.4. The molecule has 1 fully saturated rings. The van der Waals surface area contributed by atoms with E-state index in [2.05, 4.69) is 15.0 Å². The number of carbonyl (C=O) groups is 1. The molecule has 0 atom stereocenters. The highest BCUT2D eigenvalue weighted by Crippen LogP contribution is 2.49. The molecule has 0 radical (unpaired) electrons. The molecule has 9 heteroatoms. The number of hydrogen-bond donors (Lipinski definition) is 2. The van der Waals surface area contributed by atoms with Crippen LogP contribution < -0.4 is 14.8 Å². The van der Waals surface area contributed by atoms with E-state index in [4.69, 9.17) is 4.74 Å². The number of nitrogens with one attached hydrogen (secondary N) is 2. The van der Waals surface area contributed by atoms with Gasteiger partial charge in [-0.25, -0.2) is 13.4 Å². The lowest BCUT2D eigenvalue weighted by Crippen LogP contribution is -2.27. The Morgan fingerprint density at radius 3 is 2.31 bits per heavy atom. The quantitative estimate of drug-likeness (QED) is 0.316. The van der Waals surface area contributed by atoms with Crippen molar-refractivity contribution in [2.45, 2.75) is 30.1 Å². The molecule has 0 unspecified atom stereocenters. The zero-order valence-electron chi connectivity index (χ0n) is 19.8. The second-order valence-electron chi connectivity index (χ2n) is 8.67. The van der Waals surface area contributed by atoms with E-state index in [1.807, 2.05) is 43.3 Å². The second kappa shape index (κ2) is 9.40. The van der Waals surface area contributed by atoms with E-state index in [0.717, 1.165) is 34.5 Å². The molecule has 1 aliphatic carbocycles. The molecule has 3 aromatic carbocycles. The van der Waals surface area contributed by atoms with Crippen molar-refractivity contribution in [3.8, 4) is 16.2 Å². The van der Waals surface area contributed by atoms with E-state index in [-0.39, 0.29) is 10.8 Å². The number of nitrogens with zero attached hydrogens (tertiary/aromatic N) is 1. The number of ether oxygens (including phenoxy) is 1. The van der Waals surface area contributed by atoms with Crippen LogP contribution in [0.4, 0.5) is 10.8 Å². The Hall–Kier alpha value is -3.69. The predicted octanol–water partition coefficient (Wildman–Crippen LogP) is 5.60. The van der Waals surface area contributed by atoms with Crippen LogP contribution in [0.3, 0.4) is 0 Å². The first-order chi connectivity index (χ1) is 17.3. The third-order valence-corrected chi connectivity index (χ3v) is 8.79. The van der Waals surface area contributed by atoms with Crippen molar-refractivity contribution >= 4 is 38.1 Å². The van der Waals surface area contributed by atoms with Gasteiger partial charge in [0.05, 0.1) is 33.7 Å². The van der Waals surface area contributed by atoms with Crippen LogP contribution >= 0.6 is 11.3 Å². The number of aryl methyl sites for hydroxylation is 1. The number of sulfonamides is 1. The number of anilines is 2. The average Bonchev–Trinajstić information content (AvgIpc) is 3.63. The molecule has 36 heavy (non-hydrogen) atoms. The average molecular weight is 520 g/mol. The van der Waals surface area contributed by atoms with Gasteiger partial charge in [0.15, 0.2) is 5.13 Å². The largest absolute Gasteiger partial charge is 0.495 e. The SMILES string of the molecule is COc1ccc(-c2sc(NC(=O)C3(c4ccccc4)CC3)nc2C)cc1NS(=O)(=O)c1ccccc1. The van der Waals surface area contributed by atoms with E-state index in [0.29, 0.717) is 16.6 Å². The summed E-state index contributed by atoms with van der Waals surface area (Å²) in [6, 6.07) is 23.2. The van der Waals surface area contributed by atoms with Crippen molar-refractivity contribution in [2.75, 3.05) is 17.1 Å². The van der Waals surface area contributed by atoms with Gasteiger partial charge < -0.3 is 10.1 Å². The third-order valence-electron chi connectivity index (χ3n) is 6.29. The fraction of sp³-hybridized carbons (Fsp3) is 0.185. The number of rotatable bonds is 8. The van der Waals surface area contributed by atoms with Gasteiger partial charge in [0.2, 0.25) is 5.91 Å². The molecule has 4 aromatic rings. The van der Waals surface area contributed by atoms with Crippen LogP contribution in [0.2, 0.25) is 0 Å². The van der Waals surface area contributed by atoms with Gasteiger partial charge >= 0.3 is 0 Å². The Bertz CT molecular complexity index is 1510. The Labute approximate surface area is 214 Å². The van der Waals surface area contributed by atoms with Crippen molar-refractivity contribution in [1.29, 1.82) is 0 Å². The van der Waals surface area contributed by atoms with E-state index in [9.17, 15) is 13.2 Å². The minimum absolute atomic E-state index is 0.0555. The van der Waals surface area contributed by atoms with Crippen molar-refractivity contribution < 1.29 is 17.9 Å². The lowest BCUT2D eigenvalue weighted by molar-refractivity contribution is -0.118. The van der Waals surface area contributed by atoms with Gasteiger partial charge in [-0.3, -0.25) is 9.52 Å². The summed E-state index contributed by atoms with van der Waals surface area (Å²) in [7, 11) is -2.31. The van der Waals surface area contributed by atoms with Crippen molar-refractivity contribution in [3.05, 3.63) is 90.1 Å². The van der Waals surface area contributed by atoms with Crippen LogP contribution in [-0.2, 0) is 20.2 Å². The molecule has 1 heterocycles. The number of carbonyl (C=O) groups excluding carboxylic acids is 1. The van der Waals surface area contributed by atoms with Gasteiger partial charge in [-0.05, 0) is 61.2 Å². The van der Waals surface area contributed by atoms with Crippen molar-refractivity contribution in [3.63, 3.8) is 0 Å². The summed E-state index contributed by atoms with van der Waals surface area (Å²) in [5.41, 5.74) is 2.34. The molecule has 0 spiro atoms. The van der Waals surface area contributed by atoms with Crippen LogP contribution in [0.1, 0.15) is 24.1 Å². The van der Waals surface area contributed by atoms with Gasteiger partial charge in [0.1, 0.15) is 5.75 Å². The van der Waals surface area contributed by atoms with Crippen LogP contribution in [0.25, 0.3) is 10.4 Å². The maximum Gasteiger partial charge on any atom is 0.262 e. The molecule has 5 rings (SSSR count). The minimum atomic E-state index is -3.80. The highest BCUT2D eigenvalue weighted by Gasteiger charge is 2.51. The second-order valence-corrected chi connectivity index (χ2v) is 11.4. The molecule has 2 N–H and O–H groups in total. The van der Waals surface area contributed by atoms with Crippen LogP contribution in [0, 0.1) is 6.92 Å². The number of hydrogen-bond acceptors (Lipinski definition) is 6. The van der Waals surface area contributed by atoms with Gasteiger partial charge in [-0.2, -0.15) is 0 Å². The van der Waals surface area contributed by atoms with E-state index < -0.39 is 15.4 Å². The fourth-order valence-corrected chi connectivity index (χ4v) is 6.24. The topological polar surface area (TPSA) is 97.4 Å². The third kappa shape index (κ3) is 4.59. The summed E-state index contributed by atoms with van der Waals surface area (Å²) < 4.78 is 33.8. The summed E-state index contributed by atoms with van der Waals surface area (Å²) in [6.45, 7) is 1.86. The highest BCUT2D eigenvalue weighted by molar-refractivity contribution is 7.92. The van der Waals surface area contributed by atoms with Crippen LogP contribution in [-0.4, -0.2) is 26.4 Å². The van der Waals surface area contributed by atoms with Gasteiger partial charge in [-0.1, -0.05) is 59.9 Å². The summed E-state index contributed by atoms with van der Waals surface area (Å²) in [6.07, 6.45) is 1.62. The summed E-state index contributed by atoms with van der Waals surface area (Å²) in [4.78, 5) is 18.7. The zero-order chi connectivity index (χ0) is 25.3. The Morgan fingerprint density at radius 1 is 1.00 bits per heavy atom. The molecule has 0 saturated heterocycles. The van der Waals surface area contributed by atoms with E-state index in [1.54, 1.807) is 30.3 Å². The predicted molar refractivity (Wildman–Crippen MR) is 142 cm³/mol. The number of thiazole rings is 1. The minimum Gasteiger partial charge on any atom is -0.495 e. The number of benzene rings is 3. The molecule has 7 nitrogen and oxygen atoms in total. The lowest BCUT2D eigenvalue weighted by atomic mass is 9.95. The molecule has 0 bridgehead atoms. The molecular weight excluding hydrogens is 494 g/mol. The Morgan fingerprint density at radius 2 is 1.67 bits per heavy atom. The normalized spacial score (nSPS) is 14.2. The number of aromatic nitrogens is 1. The number of amides is 1. The van der Waals surface area contributed by atoms with E-state index >= 15 is 0 Å². The van der Waals surface area contributed by atoms with Gasteiger partial charge in [-0.15, -0.1) is 0 Å². The molecule has 0 aliphatic heterocycles. The molecule has 184 valence electrons. The van der Waals surface area contributed by atoms with Crippen LogP contribution in [0.5, 0.6) is 5.75 Å². The first kappa shape index (κ1) is 24.0. The zero-order valence-corrected chi connectivity index (χ0v) is 21.4. The highest BCUT2D eigenvalue weighted by atomic mass is 32.2. The first-order valence-corrected chi connectivity index (χ1v) is 13.7. The molecular formula is C27H25N3O4S2. The summed E-state index contributed by atoms with van der Waals surface area (Å²) in [5, 5.41) is 3.51. The fourth-order valence-electron chi connectivity index (χ4n) is 4.20. The monoisotopic (exact) mass is 519 g/mol. The lowest BCUT2D eigenvalue weighted by Gasteiger charge is -2.14. The van der Waals surface area contributed by atoms with Crippen LogP contribution in [0.15, 0.2) is 83.8 Å². The summed E-state index contributed by atoms with van der Waals surface area (Å²) in [5.74, 6) is 0.340. The molecule has 1 aromatic heterocycles. The van der Waals surface area contributed by atoms with Gasteiger partial charge in [0, 0.05) is 0 Å². The maximum atomic E-state index is 13.1.